The third-order valence-electron chi connectivity index (χ3n) is 4.01. The van der Waals surface area contributed by atoms with Crippen LogP contribution in [0.3, 0.4) is 0 Å². The van der Waals surface area contributed by atoms with Crippen molar-refractivity contribution in [2.75, 3.05) is 6.54 Å². The summed E-state index contributed by atoms with van der Waals surface area (Å²) in [4.78, 5) is 4.54. The van der Waals surface area contributed by atoms with Crippen LogP contribution in [-0.2, 0) is 16.6 Å². The van der Waals surface area contributed by atoms with Crippen LogP contribution in [0, 0.1) is 6.92 Å². The van der Waals surface area contributed by atoms with Gasteiger partial charge < -0.3 is 0 Å². The molecule has 3 aromatic rings. The van der Waals surface area contributed by atoms with E-state index in [1.54, 1.807) is 18.3 Å². The molecule has 1 heterocycles. The van der Waals surface area contributed by atoms with Crippen LogP contribution in [-0.4, -0.2) is 24.3 Å². The number of hydrogen-bond acceptors (Lipinski definition) is 3. The van der Waals surface area contributed by atoms with Crippen LogP contribution in [0.5, 0.6) is 0 Å². The maximum atomic E-state index is 13.2. The third kappa shape index (κ3) is 3.18. The zero-order valence-electron chi connectivity index (χ0n) is 13.8. The average Bonchev–Trinajstić information content (AvgIpc) is 2.59. The van der Waals surface area contributed by atoms with Gasteiger partial charge in [-0.05, 0) is 24.6 Å². The Morgan fingerprint density at radius 3 is 2.54 bits per heavy atom. The van der Waals surface area contributed by atoms with Crippen LogP contribution < -0.4 is 0 Å². The lowest BCUT2D eigenvalue weighted by Gasteiger charge is -2.21. The van der Waals surface area contributed by atoms with E-state index in [1.807, 2.05) is 56.3 Å². The Hall–Kier alpha value is -2.24. The van der Waals surface area contributed by atoms with Crippen LogP contribution in [0.4, 0.5) is 0 Å². The van der Waals surface area contributed by atoms with E-state index >= 15 is 0 Å². The molecule has 0 atom stereocenters. The van der Waals surface area contributed by atoms with Gasteiger partial charge in [0.25, 0.3) is 0 Å². The quantitative estimate of drug-likeness (QED) is 0.711. The van der Waals surface area contributed by atoms with E-state index in [9.17, 15) is 8.42 Å². The maximum Gasteiger partial charge on any atom is 0.245 e. The van der Waals surface area contributed by atoms with Crippen molar-refractivity contribution >= 4 is 20.9 Å². The largest absolute Gasteiger partial charge is 0.255 e. The molecule has 0 fully saturated rings. The predicted octanol–water partition coefficient (Wildman–Crippen LogP) is 3.75. The average molecular weight is 340 g/mol. The van der Waals surface area contributed by atoms with Gasteiger partial charge in [0.2, 0.25) is 10.0 Å². The number of para-hydroxylation sites is 1. The van der Waals surface area contributed by atoms with E-state index in [1.165, 1.54) is 4.31 Å². The highest BCUT2D eigenvalue weighted by molar-refractivity contribution is 7.89. The zero-order valence-corrected chi connectivity index (χ0v) is 14.6. The monoisotopic (exact) mass is 340 g/mol. The SMILES string of the molecule is CCN(Cc1cccc(C)c1)S(=O)(=O)c1cccc2cccnc12. The number of hydrogen-bond donors (Lipinski definition) is 0. The summed E-state index contributed by atoms with van der Waals surface area (Å²) < 4.78 is 27.8. The zero-order chi connectivity index (χ0) is 17.2. The number of benzene rings is 2. The minimum absolute atomic E-state index is 0.259. The maximum absolute atomic E-state index is 13.2. The highest BCUT2D eigenvalue weighted by Gasteiger charge is 2.25. The fourth-order valence-corrected chi connectivity index (χ4v) is 4.41. The number of sulfonamides is 1. The van der Waals surface area contributed by atoms with Gasteiger partial charge >= 0.3 is 0 Å². The summed E-state index contributed by atoms with van der Waals surface area (Å²) in [6.07, 6.45) is 1.62. The van der Waals surface area contributed by atoms with Crippen molar-refractivity contribution in [3.63, 3.8) is 0 Å². The Morgan fingerprint density at radius 1 is 1.04 bits per heavy atom. The van der Waals surface area contributed by atoms with Gasteiger partial charge in [-0.25, -0.2) is 8.42 Å². The molecule has 1 aromatic heterocycles. The molecular weight excluding hydrogens is 320 g/mol. The van der Waals surface area contributed by atoms with Crippen molar-refractivity contribution in [1.82, 2.24) is 9.29 Å². The lowest BCUT2D eigenvalue weighted by atomic mass is 10.1. The van der Waals surface area contributed by atoms with E-state index in [-0.39, 0.29) is 4.90 Å². The van der Waals surface area contributed by atoms with Crippen LogP contribution in [0.25, 0.3) is 10.9 Å². The minimum Gasteiger partial charge on any atom is -0.255 e. The Kier molecular flexibility index (Phi) is 4.64. The highest BCUT2D eigenvalue weighted by Crippen LogP contribution is 2.25. The van der Waals surface area contributed by atoms with Crippen molar-refractivity contribution < 1.29 is 8.42 Å². The topological polar surface area (TPSA) is 50.3 Å². The second kappa shape index (κ2) is 6.71. The molecule has 24 heavy (non-hydrogen) atoms. The molecule has 0 aliphatic rings. The number of pyridine rings is 1. The molecule has 0 amide bonds. The summed E-state index contributed by atoms with van der Waals surface area (Å²) in [5.41, 5.74) is 2.61. The molecule has 0 radical (unpaired) electrons. The van der Waals surface area contributed by atoms with Crippen molar-refractivity contribution in [2.45, 2.75) is 25.3 Å². The minimum atomic E-state index is -3.62. The molecular formula is C19H20N2O2S. The summed E-state index contributed by atoms with van der Waals surface area (Å²) >= 11 is 0. The molecule has 4 nitrogen and oxygen atoms in total. The summed E-state index contributed by atoms with van der Waals surface area (Å²) in [5.74, 6) is 0. The fourth-order valence-electron chi connectivity index (χ4n) is 2.80. The third-order valence-corrected chi connectivity index (χ3v) is 5.96. The summed E-state index contributed by atoms with van der Waals surface area (Å²) in [5, 5.41) is 0.824. The van der Waals surface area contributed by atoms with Crippen molar-refractivity contribution in [2.24, 2.45) is 0 Å². The van der Waals surface area contributed by atoms with E-state index in [2.05, 4.69) is 4.98 Å². The Bertz CT molecular complexity index is 963. The predicted molar refractivity (Wildman–Crippen MR) is 96.2 cm³/mol. The smallest absolute Gasteiger partial charge is 0.245 e. The lowest BCUT2D eigenvalue weighted by molar-refractivity contribution is 0.424. The molecule has 0 N–H and O–H groups in total. The summed E-state index contributed by atoms with van der Waals surface area (Å²) in [7, 11) is -3.62. The summed E-state index contributed by atoms with van der Waals surface area (Å²) in [6, 6.07) is 16.9. The standard InChI is InChI=1S/C19H20N2O2S/c1-3-21(14-16-8-4-7-15(2)13-16)24(22,23)18-11-5-9-17-10-6-12-20-19(17)18/h4-13H,3,14H2,1-2H3. The van der Waals surface area contributed by atoms with Gasteiger partial charge in [0, 0.05) is 24.7 Å². The number of nitrogens with zero attached hydrogens (tertiary/aromatic N) is 2. The molecule has 0 spiro atoms. The van der Waals surface area contributed by atoms with Crippen molar-refractivity contribution in [1.29, 1.82) is 0 Å². The first-order valence-corrected chi connectivity index (χ1v) is 9.36. The molecule has 0 aliphatic carbocycles. The van der Waals surface area contributed by atoms with Crippen molar-refractivity contribution in [3.05, 3.63) is 71.9 Å². The Balaban J connectivity index is 2.04. The first kappa shape index (κ1) is 16.6. The van der Waals surface area contributed by atoms with E-state index in [0.29, 0.717) is 18.6 Å². The van der Waals surface area contributed by atoms with Gasteiger partial charge in [0.15, 0.2) is 0 Å². The molecule has 5 heteroatoms. The van der Waals surface area contributed by atoms with Gasteiger partial charge in [-0.2, -0.15) is 4.31 Å². The van der Waals surface area contributed by atoms with Gasteiger partial charge in [0.05, 0.1) is 5.52 Å². The van der Waals surface area contributed by atoms with E-state index in [0.717, 1.165) is 16.5 Å². The van der Waals surface area contributed by atoms with Gasteiger partial charge in [-0.3, -0.25) is 4.98 Å². The highest BCUT2D eigenvalue weighted by atomic mass is 32.2. The second-order valence-electron chi connectivity index (χ2n) is 5.75. The van der Waals surface area contributed by atoms with Crippen molar-refractivity contribution in [3.8, 4) is 0 Å². The molecule has 3 rings (SSSR count). The molecule has 0 bridgehead atoms. The number of aryl methyl sites for hydroxylation is 1. The molecule has 0 aliphatic heterocycles. The molecule has 0 unspecified atom stereocenters. The molecule has 0 saturated carbocycles. The first-order chi connectivity index (χ1) is 11.5. The van der Waals surface area contributed by atoms with Crippen LogP contribution in [0.15, 0.2) is 65.7 Å². The number of aromatic nitrogens is 1. The van der Waals surface area contributed by atoms with E-state index < -0.39 is 10.0 Å². The first-order valence-electron chi connectivity index (χ1n) is 7.92. The molecule has 0 saturated heterocycles. The van der Waals surface area contributed by atoms with Crippen LogP contribution >= 0.6 is 0 Å². The number of rotatable bonds is 5. The molecule has 2 aromatic carbocycles. The lowest BCUT2D eigenvalue weighted by Crippen LogP contribution is -2.30. The van der Waals surface area contributed by atoms with Gasteiger partial charge in [0.1, 0.15) is 4.90 Å². The van der Waals surface area contributed by atoms with Gasteiger partial charge in [-0.1, -0.05) is 55.0 Å². The Morgan fingerprint density at radius 2 is 1.79 bits per heavy atom. The summed E-state index contributed by atoms with van der Waals surface area (Å²) in [6.45, 7) is 4.61. The van der Waals surface area contributed by atoms with Crippen LogP contribution in [0.2, 0.25) is 0 Å². The second-order valence-corrected chi connectivity index (χ2v) is 7.66. The van der Waals surface area contributed by atoms with E-state index in [4.69, 9.17) is 0 Å². The number of fused-ring (bicyclic) bond motifs is 1. The van der Waals surface area contributed by atoms with Crippen LogP contribution in [0.1, 0.15) is 18.1 Å². The molecule has 124 valence electrons. The van der Waals surface area contributed by atoms with Gasteiger partial charge in [-0.15, -0.1) is 0 Å². The fraction of sp³-hybridized carbons (Fsp3) is 0.211. The Labute approximate surface area is 142 Å². The normalized spacial score (nSPS) is 12.0.